The van der Waals surface area contributed by atoms with Crippen LogP contribution in [0, 0.1) is 12.8 Å². The number of benzene rings is 1. The highest BCUT2D eigenvalue weighted by molar-refractivity contribution is 6.31. The summed E-state index contributed by atoms with van der Waals surface area (Å²) in [6, 6.07) is 5.49. The lowest BCUT2D eigenvalue weighted by molar-refractivity contribution is -0.125. The van der Waals surface area contributed by atoms with Crippen LogP contribution in [0.3, 0.4) is 0 Å². The third-order valence-corrected chi connectivity index (χ3v) is 4.94. The molecule has 2 aromatic rings. The van der Waals surface area contributed by atoms with Crippen molar-refractivity contribution in [2.75, 3.05) is 6.54 Å². The van der Waals surface area contributed by atoms with E-state index < -0.39 is 6.10 Å². The summed E-state index contributed by atoms with van der Waals surface area (Å²) in [6.45, 7) is 2.58. The second-order valence-corrected chi connectivity index (χ2v) is 6.80. The Bertz CT molecular complexity index is 718. The first-order chi connectivity index (χ1) is 11.0. The van der Waals surface area contributed by atoms with Crippen LogP contribution in [0.5, 0.6) is 0 Å². The maximum absolute atomic E-state index is 12.2. The average Bonchev–Trinajstić information content (AvgIpc) is 3.00. The standard InChI is InChI=1S/C17H22ClN3O2/c1-9-12(13-8-11(18)2-3-15(13)21-9)4-5-20-17(23)10-6-14(19)16(22)7-10/h2-3,8,10,14,16,21-22H,4-7,19H2,1H3,(H,20,23)/t10-,14+,16+/m0/s1. The fourth-order valence-electron chi connectivity index (χ4n) is 3.39. The molecule has 6 heteroatoms. The summed E-state index contributed by atoms with van der Waals surface area (Å²) in [4.78, 5) is 15.5. The highest BCUT2D eigenvalue weighted by Crippen LogP contribution is 2.26. The summed E-state index contributed by atoms with van der Waals surface area (Å²) < 4.78 is 0. The molecular weight excluding hydrogens is 314 g/mol. The average molecular weight is 336 g/mol. The van der Waals surface area contributed by atoms with Gasteiger partial charge in [0.2, 0.25) is 5.91 Å². The molecule has 1 aliphatic rings. The van der Waals surface area contributed by atoms with Crippen LogP contribution in [-0.2, 0) is 11.2 Å². The number of aromatic nitrogens is 1. The molecule has 3 atom stereocenters. The second-order valence-electron chi connectivity index (χ2n) is 6.36. The normalized spacial score (nSPS) is 24.3. The zero-order chi connectivity index (χ0) is 16.6. The van der Waals surface area contributed by atoms with Gasteiger partial charge in [-0.15, -0.1) is 0 Å². The van der Waals surface area contributed by atoms with E-state index in [1.54, 1.807) is 0 Å². The van der Waals surface area contributed by atoms with E-state index >= 15 is 0 Å². The number of carbonyl (C=O) groups is 1. The van der Waals surface area contributed by atoms with Crippen molar-refractivity contribution in [3.8, 4) is 0 Å². The van der Waals surface area contributed by atoms with Crippen LogP contribution in [0.4, 0.5) is 0 Å². The molecule has 0 radical (unpaired) electrons. The van der Waals surface area contributed by atoms with E-state index in [0.717, 1.165) is 23.0 Å². The number of aliphatic hydroxyl groups excluding tert-OH is 1. The Morgan fingerprint density at radius 3 is 2.96 bits per heavy atom. The molecule has 3 rings (SSSR count). The number of nitrogens with two attached hydrogens (primary N) is 1. The molecule has 1 fully saturated rings. The highest BCUT2D eigenvalue weighted by atomic mass is 35.5. The Morgan fingerprint density at radius 1 is 1.48 bits per heavy atom. The van der Waals surface area contributed by atoms with E-state index in [1.165, 1.54) is 5.56 Å². The minimum atomic E-state index is -0.566. The summed E-state index contributed by atoms with van der Waals surface area (Å²) in [7, 11) is 0. The van der Waals surface area contributed by atoms with Gasteiger partial charge in [-0.3, -0.25) is 4.79 Å². The largest absolute Gasteiger partial charge is 0.391 e. The van der Waals surface area contributed by atoms with Gasteiger partial charge in [0.1, 0.15) is 0 Å². The molecule has 0 spiro atoms. The molecule has 5 N–H and O–H groups in total. The van der Waals surface area contributed by atoms with E-state index in [1.807, 2.05) is 25.1 Å². The van der Waals surface area contributed by atoms with Crippen LogP contribution in [0.1, 0.15) is 24.1 Å². The summed E-state index contributed by atoms with van der Waals surface area (Å²) in [5.41, 5.74) is 9.08. The van der Waals surface area contributed by atoms with Crippen molar-refractivity contribution in [3.63, 3.8) is 0 Å². The number of hydrogen-bond acceptors (Lipinski definition) is 3. The van der Waals surface area contributed by atoms with Crippen molar-refractivity contribution >= 4 is 28.4 Å². The fraction of sp³-hybridized carbons (Fsp3) is 0.471. The maximum Gasteiger partial charge on any atom is 0.223 e. The number of aromatic amines is 1. The van der Waals surface area contributed by atoms with Crippen molar-refractivity contribution in [3.05, 3.63) is 34.5 Å². The molecule has 1 saturated carbocycles. The van der Waals surface area contributed by atoms with Crippen LogP contribution in [-0.4, -0.2) is 34.7 Å². The molecule has 1 aromatic heterocycles. The van der Waals surface area contributed by atoms with E-state index in [0.29, 0.717) is 24.4 Å². The lowest BCUT2D eigenvalue weighted by Gasteiger charge is -2.10. The van der Waals surface area contributed by atoms with E-state index in [9.17, 15) is 9.90 Å². The van der Waals surface area contributed by atoms with Gasteiger partial charge >= 0.3 is 0 Å². The van der Waals surface area contributed by atoms with E-state index in [4.69, 9.17) is 17.3 Å². The van der Waals surface area contributed by atoms with Crippen LogP contribution in [0.25, 0.3) is 10.9 Å². The van der Waals surface area contributed by atoms with Gasteiger partial charge in [-0.05, 0) is 49.9 Å². The molecule has 1 aromatic carbocycles. The summed E-state index contributed by atoms with van der Waals surface area (Å²) >= 11 is 6.08. The number of hydrogen-bond donors (Lipinski definition) is 4. The Morgan fingerprint density at radius 2 is 2.26 bits per heavy atom. The van der Waals surface area contributed by atoms with Gasteiger partial charge < -0.3 is 21.1 Å². The SMILES string of the molecule is Cc1[nH]c2ccc(Cl)cc2c1CCNC(=O)[C@H]1C[C@@H](N)[C@H](O)C1. The summed E-state index contributed by atoms with van der Waals surface area (Å²) in [5.74, 6) is -0.203. The minimum absolute atomic E-state index is 0.0208. The Hall–Kier alpha value is -1.56. The molecule has 1 aliphatic carbocycles. The van der Waals surface area contributed by atoms with Crippen molar-refractivity contribution < 1.29 is 9.90 Å². The molecular formula is C17H22ClN3O2. The topological polar surface area (TPSA) is 91.1 Å². The first kappa shape index (κ1) is 16.3. The van der Waals surface area contributed by atoms with Crippen molar-refractivity contribution in [2.45, 2.75) is 38.3 Å². The van der Waals surface area contributed by atoms with Crippen molar-refractivity contribution in [2.24, 2.45) is 11.7 Å². The third kappa shape index (κ3) is 3.37. The lowest BCUT2D eigenvalue weighted by Crippen LogP contribution is -2.32. The van der Waals surface area contributed by atoms with Gasteiger partial charge in [0.05, 0.1) is 6.10 Å². The number of H-pyrrole nitrogens is 1. The molecule has 0 aliphatic heterocycles. The van der Waals surface area contributed by atoms with Crippen LogP contribution < -0.4 is 11.1 Å². The van der Waals surface area contributed by atoms with Gasteiger partial charge in [0, 0.05) is 40.1 Å². The quantitative estimate of drug-likeness (QED) is 0.687. The summed E-state index contributed by atoms with van der Waals surface area (Å²) in [6.07, 6.45) is 1.17. The summed E-state index contributed by atoms with van der Waals surface area (Å²) in [5, 5.41) is 14.4. The molecule has 0 saturated heterocycles. The Labute approximate surface area is 140 Å². The minimum Gasteiger partial charge on any atom is -0.391 e. The number of aryl methyl sites for hydroxylation is 1. The van der Waals surface area contributed by atoms with Crippen molar-refractivity contribution in [1.82, 2.24) is 10.3 Å². The first-order valence-electron chi connectivity index (χ1n) is 7.93. The number of rotatable bonds is 4. The molecule has 124 valence electrons. The number of carbonyl (C=O) groups excluding carboxylic acids is 1. The number of nitrogens with one attached hydrogen (secondary N) is 2. The van der Waals surface area contributed by atoms with Gasteiger partial charge in [-0.25, -0.2) is 0 Å². The van der Waals surface area contributed by atoms with Crippen LogP contribution in [0.15, 0.2) is 18.2 Å². The first-order valence-corrected chi connectivity index (χ1v) is 8.31. The Kier molecular flexibility index (Phi) is 4.62. The van der Waals surface area contributed by atoms with Gasteiger partial charge in [-0.2, -0.15) is 0 Å². The number of aliphatic hydroxyl groups is 1. The molecule has 0 unspecified atom stereocenters. The van der Waals surface area contributed by atoms with Crippen LogP contribution in [0.2, 0.25) is 5.02 Å². The molecule has 23 heavy (non-hydrogen) atoms. The predicted octanol–water partition coefficient (Wildman–Crippen LogP) is 1.89. The predicted molar refractivity (Wildman–Crippen MR) is 91.5 cm³/mol. The number of amides is 1. The highest BCUT2D eigenvalue weighted by Gasteiger charge is 2.34. The number of fused-ring (bicyclic) bond motifs is 1. The van der Waals surface area contributed by atoms with Gasteiger partial charge in [-0.1, -0.05) is 11.6 Å². The van der Waals surface area contributed by atoms with Gasteiger partial charge in [0.15, 0.2) is 0 Å². The third-order valence-electron chi connectivity index (χ3n) is 4.70. The zero-order valence-corrected chi connectivity index (χ0v) is 13.9. The monoisotopic (exact) mass is 335 g/mol. The van der Waals surface area contributed by atoms with Crippen LogP contribution >= 0.6 is 11.6 Å². The van der Waals surface area contributed by atoms with E-state index in [-0.39, 0.29) is 17.9 Å². The molecule has 1 heterocycles. The molecule has 0 bridgehead atoms. The van der Waals surface area contributed by atoms with Crippen molar-refractivity contribution in [1.29, 1.82) is 0 Å². The smallest absolute Gasteiger partial charge is 0.223 e. The molecule has 1 amide bonds. The van der Waals surface area contributed by atoms with Gasteiger partial charge in [0.25, 0.3) is 0 Å². The van der Waals surface area contributed by atoms with E-state index in [2.05, 4.69) is 10.3 Å². The Balaban J connectivity index is 1.62. The second kappa shape index (κ2) is 6.51. The lowest BCUT2D eigenvalue weighted by atomic mass is 10.1. The fourth-order valence-corrected chi connectivity index (χ4v) is 3.57. The number of halogens is 1. The molecule has 5 nitrogen and oxygen atoms in total. The zero-order valence-electron chi connectivity index (χ0n) is 13.1. The maximum atomic E-state index is 12.2.